The smallest absolute Gasteiger partial charge is 0.416 e. The highest BCUT2D eigenvalue weighted by atomic mass is 19.4. The van der Waals surface area contributed by atoms with E-state index in [1.807, 2.05) is 12.1 Å². The molecule has 1 heterocycles. The average Bonchev–Trinajstić information content (AvgIpc) is 2.73. The summed E-state index contributed by atoms with van der Waals surface area (Å²) in [5.74, 6) is -1.29. The number of ether oxygens (including phenoxy) is 1. The molecule has 1 saturated heterocycles. The fourth-order valence-electron chi connectivity index (χ4n) is 3.33. The Morgan fingerprint density at radius 1 is 1.00 bits per heavy atom. The van der Waals surface area contributed by atoms with Gasteiger partial charge < -0.3 is 15.0 Å². The maximum atomic E-state index is 12.7. The molecule has 1 fully saturated rings. The number of carbonyl (C=O) groups is 2. The Balaban J connectivity index is 1.45. The van der Waals surface area contributed by atoms with E-state index >= 15 is 0 Å². The summed E-state index contributed by atoms with van der Waals surface area (Å²) in [6.07, 6.45) is -1.24. The summed E-state index contributed by atoms with van der Waals surface area (Å²) in [5, 5.41) is 2.64. The van der Waals surface area contributed by atoms with E-state index in [2.05, 4.69) is 10.2 Å². The second-order valence-electron chi connectivity index (χ2n) is 7.18. The lowest BCUT2D eigenvalue weighted by molar-refractivity contribution is -0.146. The first-order chi connectivity index (χ1) is 14.3. The standard InChI is InChI=1S/C22H23F3N2O3/c23-22(24,25)17-6-4-5-16(13-17)14-21(29)30-15-20(28)26-18-7-9-19(10-8-18)27-11-2-1-3-12-27/h4-10,13H,1-3,11-12,14-15H2,(H,26,28). The van der Waals surface area contributed by atoms with Crippen LogP contribution in [0.3, 0.4) is 0 Å². The van der Waals surface area contributed by atoms with Crippen molar-refractivity contribution < 1.29 is 27.5 Å². The molecule has 5 nitrogen and oxygen atoms in total. The summed E-state index contributed by atoms with van der Waals surface area (Å²) in [6, 6.07) is 11.9. The summed E-state index contributed by atoms with van der Waals surface area (Å²) in [6.45, 7) is 1.53. The highest BCUT2D eigenvalue weighted by Crippen LogP contribution is 2.29. The van der Waals surface area contributed by atoms with Crippen LogP contribution in [0.5, 0.6) is 0 Å². The highest BCUT2D eigenvalue weighted by Gasteiger charge is 2.30. The van der Waals surface area contributed by atoms with E-state index < -0.39 is 30.2 Å². The van der Waals surface area contributed by atoms with Gasteiger partial charge >= 0.3 is 12.1 Å². The fraction of sp³-hybridized carbons (Fsp3) is 0.364. The Morgan fingerprint density at radius 3 is 2.37 bits per heavy atom. The predicted molar refractivity (Wildman–Crippen MR) is 107 cm³/mol. The van der Waals surface area contributed by atoms with Crippen LogP contribution >= 0.6 is 0 Å². The number of esters is 1. The molecule has 8 heteroatoms. The van der Waals surface area contributed by atoms with Crippen LogP contribution in [0.25, 0.3) is 0 Å². The molecule has 0 bridgehead atoms. The number of benzene rings is 2. The topological polar surface area (TPSA) is 58.6 Å². The summed E-state index contributed by atoms with van der Waals surface area (Å²) in [5.41, 5.74) is 1.01. The van der Waals surface area contributed by atoms with Crippen LogP contribution in [-0.2, 0) is 26.9 Å². The number of carbonyl (C=O) groups excluding carboxylic acids is 2. The van der Waals surface area contributed by atoms with E-state index in [4.69, 9.17) is 4.74 Å². The number of nitrogens with zero attached hydrogens (tertiary/aromatic N) is 1. The van der Waals surface area contributed by atoms with Gasteiger partial charge in [0.1, 0.15) is 0 Å². The van der Waals surface area contributed by atoms with Crippen molar-refractivity contribution in [2.45, 2.75) is 31.9 Å². The van der Waals surface area contributed by atoms with Crippen LogP contribution < -0.4 is 10.2 Å². The molecule has 2 aromatic rings. The number of rotatable bonds is 6. The van der Waals surface area contributed by atoms with Gasteiger partial charge in [-0.25, -0.2) is 0 Å². The fourth-order valence-corrected chi connectivity index (χ4v) is 3.33. The van der Waals surface area contributed by atoms with Crippen molar-refractivity contribution in [2.75, 3.05) is 29.9 Å². The number of anilines is 2. The molecule has 2 aromatic carbocycles. The van der Waals surface area contributed by atoms with Crippen LogP contribution in [0.1, 0.15) is 30.4 Å². The minimum Gasteiger partial charge on any atom is -0.455 e. The number of piperidine rings is 1. The van der Waals surface area contributed by atoms with Gasteiger partial charge in [0.15, 0.2) is 6.61 Å². The third-order valence-electron chi connectivity index (χ3n) is 4.84. The first kappa shape index (κ1) is 21.7. The van der Waals surface area contributed by atoms with Gasteiger partial charge in [-0.3, -0.25) is 9.59 Å². The highest BCUT2D eigenvalue weighted by molar-refractivity contribution is 5.93. The van der Waals surface area contributed by atoms with E-state index in [9.17, 15) is 22.8 Å². The summed E-state index contributed by atoms with van der Waals surface area (Å²) in [7, 11) is 0. The van der Waals surface area contributed by atoms with Gasteiger partial charge in [-0.2, -0.15) is 13.2 Å². The lowest BCUT2D eigenvalue weighted by Crippen LogP contribution is -2.29. The number of hydrogen-bond donors (Lipinski definition) is 1. The number of nitrogens with one attached hydrogen (secondary N) is 1. The monoisotopic (exact) mass is 420 g/mol. The minimum absolute atomic E-state index is 0.170. The third kappa shape index (κ3) is 6.23. The number of halogens is 3. The van der Waals surface area contributed by atoms with Gasteiger partial charge in [0.25, 0.3) is 5.91 Å². The van der Waals surface area contributed by atoms with Gasteiger partial charge in [0.2, 0.25) is 0 Å². The molecule has 0 saturated carbocycles. The molecule has 0 aliphatic carbocycles. The zero-order chi connectivity index (χ0) is 21.6. The third-order valence-corrected chi connectivity index (χ3v) is 4.84. The molecule has 30 heavy (non-hydrogen) atoms. The molecule has 3 rings (SSSR count). The second-order valence-corrected chi connectivity index (χ2v) is 7.18. The van der Waals surface area contributed by atoms with E-state index in [0.717, 1.165) is 30.9 Å². The predicted octanol–water partition coefficient (Wildman–Crippen LogP) is 4.42. The first-order valence-electron chi connectivity index (χ1n) is 9.78. The Hall–Kier alpha value is -3.03. The molecule has 0 radical (unpaired) electrons. The van der Waals surface area contributed by atoms with Crippen LogP contribution in [0, 0.1) is 0 Å². The molecule has 0 aromatic heterocycles. The number of alkyl halides is 3. The lowest BCUT2D eigenvalue weighted by atomic mass is 10.1. The molecule has 160 valence electrons. The Bertz CT molecular complexity index is 876. The first-order valence-corrected chi connectivity index (χ1v) is 9.78. The van der Waals surface area contributed by atoms with Crippen molar-refractivity contribution in [3.63, 3.8) is 0 Å². The summed E-state index contributed by atoms with van der Waals surface area (Å²) < 4.78 is 43.1. The Morgan fingerprint density at radius 2 is 1.70 bits per heavy atom. The summed E-state index contributed by atoms with van der Waals surface area (Å²) in [4.78, 5) is 26.2. The maximum absolute atomic E-state index is 12.7. The molecule has 1 aliphatic heterocycles. The van der Waals surface area contributed by atoms with Gasteiger partial charge in [0, 0.05) is 24.5 Å². The molecule has 1 aliphatic rings. The van der Waals surface area contributed by atoms with Gasteiger partial charge in [-0.1, -0.05) is 18.2 Å². The van der Waals surface area contributed by atoms with Crippen LogP contribution in [-0.4, -0.2) is 31.6 Å². The largest absolute Gasteiger partial charge is 0.455 e. The average molecular weight is 420 g/mol. The van der Waals surface area contributed by atoms with E-state index in [1.54, 1.807) is 12.1 Å². The Kier molecular flexibility index (Phi) is 6.97. The van der Waals surface area contributed by atoms with Gasteiger partial charge in [0.05, 0.1) is 12.0 Å². The SMILES string of the molecule is O=C(COC(=O)Cc1cccc(C(F)(F)F)c1)Nc1ccc(N2CCCCC2)cc1. The molecule has 1 amide bonds. The second kappa shape index (κ2) is 9.65. The van der Waals surface area contributed by atoms with Crippen LogP contribution in [0.15, 0.2) is 48.5 Å². The zero-order valence-electron chi connectivity index (χ0n) is 16.4. The van der Waals surface area contributed by atoms with Crippen molar-refractivity contribution in [3.8, 4) is 0 Å². The van der Waals surface area contributed by atoms with E-state index in [-0.39, 0.29) is 12.0 Å². The summed E-state index contributed by atoms with van der Waals surface area (Å²) >= 11 is 0. The maximum Gasteiger partial charge on any atom is 0.416 e. The van der Waals surface area contributed by atoms with Gasteiger partial charge in [-0.15, -0.1) is 0 Å². The van der Waals surface area contributed by atoms with E-state index in [0.29, 0.717) is 5.69 Å². The van der Waals surface area contributed by atoms with Crippen molar-refractivity contribution >= 4 is 23.3 Å². The van der Waals surface area contributed by atoms with Gasteiger partial charge in [-0.05, 0) is 55.2 Å². The zero-order valence-corrected chi connectivity index (χ0v) is 16.4. The minimum atomic E-state index is -4.48. The molecule has 0 atom stereocenters. The van der Waals surface area contributed by atoms with Crippen LogP contribution in [0.2, 0.25) is 0 Å². The van der Waals surface area contributed by atoms with Crippen molar-refractivity contribution in [1.82, 2.24) is 0 Å². The lowest BCUT2D eigenvalue weighted by Gasteiger charge is -2.28. The Labute approximate surface area is 172 Å². The molecular weight excluding hydrogens is 397 g/mol. The molecule has 0 spiro atoms. The van der Waals surface area contributed by atoms with E-state index in [1.165, 1.54) is 31.4 Å². The van der Waals surface area contributed by atoms with Crippen molar-refractivity contribution in [3.05, 3.63) is 59.7 Å². The van der Waals surface area contributed by atoms with Crippen LogP contribution in [0.4, 0.5) is 24.5 Å². The number of hydrogen-bond acceptors (Lipinski definition) is 4. The molecular formula is C22H23F3N2O3. The molecule has 1 N–H and O–H groups in total. The van der Waals surface area contributed by atoms with Crippen molar-refractivity contribution in [2.24, 2.45) is 0 Å². The number of amides is 1. The quantitative estimate of drug-likeness (QED) is 0.703. The molecule has 0 unspecified atom stereocenters. The van der Waals surface area contributed by atoms with Crippen molar-refractivity contribution in [1.29, 1.82) is 0 Å². The normalized spacial score (nSPS) is 14.3.